The normalized spacial score (nSPS) is 10.2. The van der Waals surface area contributed by atoms with Crippen molar-refractivity contribution < 1.29 is 4.79 Å². The van der Waals surface area contributed by atoms with E-state index in [-0.39, 0.29) is 5.91 Å². The highest BCUT2D eigenvalue weighted by atomic mass is 16.1. The Hall–Kier alpha value is -2.30. The topological polar surface area (TPSA) is 59.0 Å². The van der Waals surface area contributed by atoms with Crippen molar-refractivity contribution in [1.29, 1.82) is 0 Å². The van der Waals surface area contributed by atoms with Gasteiger partial charge in [-0.1, -0.05) is 0 Å². The van der Waals surface area contributed by atoms with Gasteiger partial charge in [-0.05, 0) is 30.7 Å². The fourth-order valence-corrected chi connectivity index (χ4v) is 1.79. The summed E-state index contributed by atoms with van der Waals surface area (Å²) in [7, 11) is 0. The summed E-state index contributed by atoms with van der Waals surface area (Å²) in [5, 5.41) is 6.08. The summed E-state index contributed by atoms with van der Waals surface area (Å²) in [5.74, 6) is -0.0546. The van der Waals surface area contributed by atoms with E-state index < -0.39 is 0 Å². The molecule has 0 aliphatic rings. The van der Waals surface area contributed by atoms with Crippen LogP contribution in [-0.2, 0) is 11.3 Å². The molecule has 0 aliphatic heterocycles. The minimum atomic E-state index is -0.0546. The Morgan fingerprint density at radius 3 is 2.63 bits per heavy atom. The zero-order valence-corrected chi connectivity index (χ0v) is 11.0. The van der Waals surface area contributed by atoms with Crippen molar-refractivity contribution >= 4 is 17.3 Å². The van der Waals surface area contributed by atoms with Gasteiger partial charge in [-0.25, -0.2) is 4.98 Å². The molecule has 0 fully saturated rings. The molecule has 100 valence electrons. The summed E-state index contributed by atoms with van der Waals surface area (Å²) in [6.07, 6.45) is 6.60. The van der Waals surface area contributed by atoms with Crippen LogP contribution in [0.3, 0.4) is 0 Å². The van der Waals surface area contributed by atoms with Crippen molar-refractivity contribution in [2.45, 2.75) is 19.9 Å². The molecule has 2 N–H and O–H groups in total. The van der Waals surface area contributed by atoms with Crippen LogP contribution in [-0.4, -0.2) is 22.0 Å². The van der Waals surface area contributed by atoms with Gasteiger partial charge in [0.15, 0.2) is 0 Å². The van der Waals surface area contributed by atoms with Crippen LogP contribution in [0, 0.1) is 0 Å². The molecule has 0 spiro atoms. The molecule has 2 rings (SSSR count). The number of aromatic nitrogens is 2. The van der Waals surface area contributed by atoms with Crippen molar-refractivity contribution in [3.8, 4) is 0 Å². The number of nitrogens with one attached hydrogen (secondary N) is 2. The van der Waals surface area contributed by atoms with Gasteiger partial charge < -0.3 is 15.2 Å². The van der Waals surface area contributed by atoms with Gasteiger partial charge in [0, 0.05) is 43.8 Å². The number of anilines is 2. The number of amides is 1. The first kappa shape index (κ1) is 13.1. The van der Waals surface area contributed by atoms with E-state index in [1.165, 1.54) is 6.92 Å². The second kappa shape index (κ2) is 6.58. The predicted molar refractivity (Wildman–Crippen MR) is 76.1 cm³/mol. The van der Waals surface area contributed by atoms with E-state index in [1.807, 2.05) is 36.8 Å². The van der Waals surface area contributed by atoms with Gasteiger partial charge >= 0.3 is 0 Å². The molecular weight excluding hydrogens is 240 g/mol. The lowest BCUT2D eigenvalue weighted by Crippen LogP contribution is -2.07. The Morgan fingerprint density at radius 1 is 1.26 bits per heavy atom. The third-order valence-corrected chi connectivity index (χ3v) is 2.69. The van der Waals surface area contributed by atoms with E-state index >= 15 is 0 Å². The van der Waals surface area contributed by atoms with Crippen LogP contribution in [0.2, 0.25) is 0 Å². The van der Waals surface area contributed by atoms with E-state index in [1.54, 1.807) is 6.20 Å². The van der Waals surface area contributed by atoms with E-state index in [2.05, 4.69) is 20.2 Å². The van der Waals surface area contributed by atoms with Gasteiger partial charge in [-0.3, -0.25) is 4.79 Å². The Labute approximate surface area is 112 Å². The molecule has 1 aromatic carbocycles. The average Bonchev–Trinajstić information content (AvgIpc) is 2.89. The first-order valence-corrected chi connectivity index (χ1v) is 6.31. The molecule has 5 nitrogen and oxygen atoms in total. The number of rotatable bonds is 6. The minimum absolute atomic E-state index is 0.0546. The van der Waals surface area contributed by atoms with Crippen LogP contribution in [0.4, 0.5) is 11.4 Å². The molecule has 1 heterocycles. The van der Waals surface area contributed by atoms with Crippen molar-refractivity contribution in [2.75, 3.05) is 17.2 Å². The zero-order valence-electron chi connectivity index (χ0n) is 11.0. The Balaban J connectivity index is 1.72. The fraction of sp³-hybridized carbons (Fsp3) is 0.286. The van der Waals surface area contributed by atoms with Crippen LogP contribution in [0.25, 0.3) is 0 Å². The minimum Gasteiger partial charge on any atom is -0.385 e. The van der Waals surface area contributed by atoms with Gasteiger partial charge in [0.05, 0.1) is 6.33 Å². The molecule has 19 heavy (non-hydrogen) atoms. The summed E-state index contributed by atoms with van der Waals surface area (Å²) in [6, 6.07) is 7.70. The summed E-state index contributed by atoms with van der Waals surface area (Å²) < 4.78 is 2.06. The highest BCUT2D eigenvalue weighted by molar-refractivity contribution is 5.88. The number of carbonyl (C=O) groups excluding carboxylic acids is 1. The molecule has 0 radical (unpaired) electrons. The lowest BCUT2D eigenvalue weighted by Gasteiger charge is -2.08. The molecule has 0 aliphatic carbocycles. The predicted octanol–water partition coefficient (Wildman–Crippen LogP) is 2.34. The number of hydrogen-bond donors (Lipinski definition) is 2. The number of imidazole rings is 1. The lowest BCUT2D eigenvalue weighted by molar-refractivity contribution is -0.114. The van der Waals surface area contributed by atoms with Crippen LogP contribution in [0.5, 0.6) is 0 Å². The second-order valence-corrected chi connectivity index (χ2v) is 4.34. The summed E-state index contributed by atoms with van der Waals surface area (Å²) in [4.78, 5) is 14.9. The maximum atomic E-state index is 10.9. The van der Waals surface area contributed by atoms with Crippen LogP contribution in [0.15, 0.2) is 43.0 Å². The van der Waals surface area contributed by atoms with Crippen LogP contribution < -0.4 is 10.6 Å². The molecule has 5 heteroatoms. The maximum absolute atomic E-state index is 10.9. The molecule has 0 unspecified atom stereocenters. The number of aryl methyl sites for hydroxylation is 1. The fourth-order valence-electron chi connectivity index (χ4n) is 1.79. The molecular formula is C14H18N4O. The number of carbonyl (C=O) groups is 1. The monoisotopic (exact) mass is 258 g/mol. The third kappa shape index (κ3) is 4.46. The first-order chi connectivity index (χ1) is 9.24. The second-order valence-electron chi connectivity index (χ2n) is 4.34. The van der Waals surface area contributed by atoms with Gasteiger partial charge in [0.25, 0.3) is 0 Å². The largest absolute Gasteiger partial charge is 0.385 e. The quantitative estimate of drug-likeness (QED) is 0.782. The molecule has 2 aromatic rings. The van der Waals surface area contributed by atoms with Gasteiger partial charge in [0.2, 0.25) is 5.91 Å². The van der Waals surface area contributed by atoms with Gasteiger partial charge in [0.1, 0.15) is 0 Å². The van der Waals surface area contributed by atoms with Crippen molar-refractivity contribution in [2.24, 2.45) is 0 Å². The van der Waals surface area contributed by atoms with E-state index in [4.69, 9.17) is 0 Å². The van der Waals surface area contributed by atoms with E-state index in [0.717, 1.165) is 30.9 Å². The standard InChI is InChI=1S/C14H18N4O/c1-12(19)17-14-5-3-13(4-6-14)16-7-2-9-18-10-8-15-11-18/h3-6,8,10-11,16H,2,7,9H2,1H3,(H,17,19). The lowest BCUT2D eigenvalue weighted by atomic mass is 10.2. The molecule has 0 saturated carbocycles. The number of hydrogen-bond acceptors (Lipinski definition) is 3. The van der Waals surface area contributed by atoms with Gasteiger partial charge in [-0.2, -0.15) is 0 Å². The van der Waals surface area contributed by atoms with Crippen molar-refractivity contribution in [1.82, 2.24) is 9.55 Å². The highest BCUT2D eigenvalue weighted by Gasteiger charge is 1.96. The number of benzene rings is 1. The molecule has 0 bridgehead atoms. The smallest absolute Gasteiger partial charge is 0.221 e. The van der Waals surface area contributed by atoms with Crippen LogP contribution in [0.1, 0.15) is 13.3 Å². The zero-order chi connectivity index (χ0) is 13.5. The van der Waals surface area contributed by atoms with Crippen molar-refractivity contribution in [3.05, 3.63) is 43.0 Å². The average molecular weight is 258 g/mol. The maximum Gasteiger partial charge on any atom is 0.221 e. The highest BCUT2D eigenvalue weighted by Crippen LogP contribution is 2.13. The number of nitrogens with zero attached hydrogens (tertiary/aromatic N) is 2. The third-order valence-electron chi connectivity index (χ3n) is 2.69. The van der Waals surface area contributed by atoms with Crippen molar-refractivity contribution in [3.63, 3.8) is 0 Å². The van der Waals surface area contributed by atoms with E-state index in [9.17, 15) is 4.79 Å². The molecule has 1 aromatic heterocycles. The Morgan fingerprint density at radius 2 is 2.00 bits per heavy atom. The molecule has 1 amide bonds. The molecule has 0 saturated heterocycles. The van der Waals surface area contributed by atoms with Gasteiger partial charge in [-0.15, -0.1) is 0 Å². The summed E-state index contributed by atoms with van der Waals surface area (Å²) in [6.45, 7) is 3.36. The summed E-state index contributed by atoms with van der Waals surface area (Å²) in [5.41, 5.74) is 1.87. The molecule has 0 atom stereocenters. The SMILES string of the molecule is CC(=O)Nc1ccc(NCCCn2ccnc2)cc1. The van der Waals surface area contributed by atoms with E-state index in [0.29, 0.717) is 0 Å². The van der Waals surface area contributed by atoms with Crippen LogP contribution >= 0.6 is 0 Å². The summed E-state index contributed by atoms with van der Waals surface area (Å²) >= 11 is 0. The Kier molecular flexibility index (Phi) is 4.55. The first-order valence-electron chi connectivity index (χ1n) is 6.31. The Bertz CT molecular complexity index is 505.